The largest absolute Gasteiger partial charge is 0.481 e. The summed E-state index contributed by atoms with van der Waals surface area (Å²) in [7, 11) is 0. The highest BCUT2D eigenvalue weighted by molar-refractivity contribution is 5.95. The molecule has 0 saturated heterocycles. The number of carbonyl (C=O) groups excluding carboxylic acids is 2. The molecule has 0 radical (unpaired) electrons. The van der Waals surface area contributed by atoms with Crippen LogP contribution in [0.25, 0.3) is 0 Å². The fraction of sp³-hybridized carbons (Fsp3) is 0.333. The lowest BCUT2D eigenvalue weighted by molar-refractivity contribution is -0.127. The van der Waals surface area contributed by atoms with Crippen LogP contribution in [-0.4, -0.2) is 24.3 Å². The van der Waals surface area contributed by atoms with E-state index in [1.54, 1.807) is 31.2 Å². The van der Waals surface area contributed by atoms with Crippen molar-refractivity contribution in [2.75, 3.05) is 6.54 Å². The van der Waals surface area contributed by atoms with Crippen molar-refractivity contribution in [1.29, 1.82) is 0 Å². The van der Waals surface area contributed by atoms with Crippen LogP contribution in [0.4, 0.5) is 0 Å². The smallest absolute Gasteiger partial charge is 0.260 e. The first-order valence-electron chi connectivity index (χ1n) is 8.63. The molecule has 0 aliphatic heterocycles. The van der Waals surface area contributed by atoms with Crippen molar-refractivity contribution in [3.8, 4) is 5.75 Å². The third-order valence-corrected chi connectivity index (χ3v) is 4.13. The number of carbonyl (C=O) groups is 2. The van der Waals surface area contributed by atoms with Gasteiger partial charge in [0.1, 0.15) is 5.75 Å². The monoisotopic (exact) mass is 339 g/mol. The Labute approximate surface area is 149 Å². The highest BCUT2D eigenvalue weighted by Crippen LogP contribution is 2.16. The minimum Gasteiger partial charge on any atom is -0.481 e. The van der Waals surface area contributed by atoms with E-state index in [-0.39, 0.29) is 17.6 Å². The number of Topliss-reactive ketones (excluding diaryl/α,β-unsaturated/α-hetero) is 1. The van der Waals surface area contributed by atoms with Gasteiger partial charge in [0.05, 0.1) is 0 Å². The standard InChI is InChI=1S/C21H25NO3/c1-4-20(23)18-10-12-19(13-11-18)25-16(3)21(24)22-14-15(2)17-8-6-5-7-9-17/h5-13,15-16H,4,14H2,1-3H3,(H,22,24)/t15-,16+/m0/s1. The molecule has 0 heterocycles. The van der Waals surface area contributed by atoms with Crippen LogP contribution in [-0.2, 0) is 4.79 Å². The Bertz CT molecular complexity index is 695. The highest BCUT2D eigenvalue weighted by Gasteiger charge is 2.16. The summed E-state index contributed by atoms with van der Waals surface area (Å²) in [5.74, 6) is 0.742. The molecule has 0 aliphatic rings. The Hall–Kier alpha value is -2.62. The third kappa shape index (κ3) is 5.45. The first-order valence-corrected chi connectivity index (χ1v) is 8.63. The van der Waals surface area contributed by atoms with Crippen LogP contribution in [0.1, 0.15) is 49.0 Å². The molecule has 0 saturated carbocycles. The van der Waals surface area contributed by atoms with Gasteiger partial charge in [-0.25, -0.2) is 0 Å². The van der Waals surface area contributed by atoms with Crippen LogP contribution >= 0.6 is 0 Å². The van der Waals surface area contributed by atoms with Crippen molar-refractivity contribution < 1.29 is 14.3 Å². The molecule has 132 valence electrons. The molecule has 0 bridgehead atoms. The predicted molar refractivity (Wildman–Crippen MR) is 99.0 cm³/mol. The van der Waals surface area contributed by atoms with Crippen LogP contribution in [0, 0.1) is 0 Å². The first-order chi connectivity index (χ1) is 12.0. The van der Waals surface area contributed by atoms with E-state index in [0.29, 0.717) is 24.3 Å². The van der Waals surface area contributed by atoms with Gasteiger partial charge >= 0.3 is 0 Å². The molecular weight excluding hydrogens is 314 g/mol. The maximum Gasteiger partial charge on any atom is 0.260 e. The van der Waals surface area contributed by atoms with E-state index in [2.05, 4.69) is 24.4 Å². The number of nitrogens with one attached hydrogen (secondary N) is 1. The molecule has 25 heavy (non-hydrogen) atoms. The number of amides is 1. The predicted octanol–water partition coefficient (Wildman–Crippen LogP) is 3.97. The summed E-state index contributed by atoms with van der Waals surface area (Å²) in [5.41, 5.74) is 1.84. The summed E-state index contributed by atoms with van der Waals surface area (Å²) >= 11 is 0. The molecule has 2 atom stereocenters. The van der Waals surface area contributed by atoms with E-state index in [9.17, 15) is 9.59 Å². The average molecular weight is 339 g/mol. The summed E-state index contributed by atoms with van der Waals surface area (Å²) in [5, 5.41) is 2.92. The Morgan fingerprint density at radius 3 is 2.24 bits per heavy atom. The number of benzene rings is 2. The van der Waals surface area contributed by atoms with Crippen molar-refractivity contribution in [1.82, 2.24) is 5.32 Å². The van der Waals surface area contributed by atoms with Crippen molar-refractivity contribution in [2.45, 2.75) is 39.2 Å². The molecule has 2 aromatic rings. The lowest BCUT2D eigenvalue weighted by Gasteiger charge is -2.17. The quantitative estimate of drug-likeness (QED) is 0.741. The maximum absolute atomic E-state index is 12.2. The molecule has 0 spiro atoms. The fourth-order valence-corrected chi connectivity index (χ4v) is 2.48. The van der Waals surface area contributed by atoms with Crippen molar-refractivity contribution in [3.63, 3.8) is 0 Å². The summed E-state index contributed by atoms with van der Waals surface area (Å²) in [4.78, 5) is 23.8. The molecule has 2 aromatic carbocycles. The molecule has 1 amide bonds. The summed E-state index contributed by atoms with van der Waals surface area (Å²) in [6.07, 6.45) is -0.130. The average Bonchev–Trinajstić information content (AvgIpc) is 2.66. The van der Waals surface area contributed by atoms with E-state index in [4.69, 9.17) is 4.74 Å². The lowest BCUT2D eigenvalue weighted by atomic mass is 10.0. The highest BCUT2D eigenvalue weighted by atomic mass is 16.5. The van der Waals surface area contributed by atoms with Gasteiger partial charge in [0, 0.05) is 18.5 Å². The SMILES string of the molecule is CCC(=O)c1ccc(O[C@H](C)C(=O)NC[C@H](C)c2ccccc2)cc1. The van der Waals surface area contributed by atoms with Gasteiger partial charge in [0.15, 0.2) is 11.9 Å². The van der Waals surface area contributed by atoms with Gasteiger partial charge in [0.25, 0.3) is 5.91 Å². The van der Waals surface area contributed by atoms with E-state index in [1.165, 1.54) is 5.56 Å². The van der Waals surface area contributed by atoms with E-state index in [0.717, 1.165) is 0 Å². The second-order valence-corrected chi connectivity index (χ2v) is 6.12. The number of rotatable bonds is 8. The number of ketones is 1. The van der Waals surface area contributed by atoms with Gasteiger partial charge in [-0.15, -0.1) is 0 Å². The zero-order valence-electron chi connectivity index (χ0n) is 15.0. The van der Waals surface area contributed by atoms with Gasteiger partial charge in [-0.2, -0.15) is 0 Å². The number of hydrogen-bond donors (Lipinski definition) is 1. The minimum absolute atomic E-state index is 0.0900. The summed E-state index contributed by atoms with van der Waals surface area (Å²) in [6, 6.07) is 17.0. The molecule has 4 nitrogen and oxygen atoms in total. The molecule has 4 heteroatoms. The van der Waals surface area contributed by atoms with Gasteiger partial charge in [-0.1, -0.05) is 44.2 Å². The summed E-state index contributed by atoms with van der Waals surface area (Å²) in [6.45, 7) is 6.17. The normalized spacial score (nSPS) is 12.9. The molecule has 0 fully saturated rings. The fourth-order valence-electron chi connectivity index (χ4n) is 2.48. The number of hydrogen-bond acceptors (Lipinski definition) is 3. The van der Waals surface area contributed by atoms with Crippen LogP contribution in [0.15, 0.2) is 54.6 Å². The molecule has 0 aliphatic carbocycles. The van der Waals surface area contributed by atoms with Crippen molar-refractivity contribution in [3.05, 3.63) is 65.7 Å². The Morgan fingerprint density at radius 1 is 1.00 bits per heavy atom. The van der Waals surface area contributed by atoms with E-state index in [1.807, 2.05) is 25.1 Å². The Morgan fingerprint density at radius 2 is 1.64 bits per heavy atom. The lowest BCUT2D eigenvalue weighted by Crippen LogP contribution is -2.38. The van der Waals surface area contributed by atoms with Gasteiger partial charge in [-0.3, -0.25) is 9.59 Å². The van der Waals surface area contributed by atoms with Crippen LogP contribution in [0.5, 0.6) is 5.75 Å². The molecular formula is C21H25NO3. The Balaban J connectivity index is 1.84. The molecule has 2 rings (SSSR count). The first kappa shape index (κ1) is 18.7. The Kier molecular flexibility index (Phi) is 6.75. The molecule has 0 aromatic heterocycles. The van der Waals surface area contributed by atoms with Crippen molar-refractivity contribution in [2.24, 2.45) is 0 Å². The van der Waals surface area contributed by atoms with Gasteiger partial charge < -0.3 is 10.1 Å². The number of ether oxygens (including phenoxy) is 1. The second kappa shape index (κ2) is 9.02. The van der Waals surface area contributed by atoms with E-state index < -0.39 is 6.10 Å². The topological polar surface area (TPSA) is 55.4 Å². The molecule has 0 unspecified atom stereocenters. The van der Waals surface area contributed by atoms with Crippen LogP contribution in [0.3, 0.4) is 0 Å². The summed E-state index contributed by atoms with van der Waals surface area (Å²) < 4.78 is 5.66. The van der Waals surface area contributed by atoms with Crippen molar-refractivity contribution >= 4 is 11.7 Å². The zero-order chi connectivity index (χ0) is 18.2. The van der Waals surface area contributed by atoms with E-state index >= 15 is 0 Å². The third-order valence-electron chi connectivity index (χ3n) is 4.13. The minimum atomic E-state index is -0.601. The second-order valence-electron chi connectivity index (χ2n) is 6.12. The maximum atomic E-state index is 12.2. The van der Waals surface area contributed by atoms with Crippen LogP contribution in [0.2, 0.25) is 0 Å². The van der Waals surface area contributed by atoms with Gasteiger partial charge in [-0.05, 0) is 42.7 Å². The van der Waals surface area contributed by atoms with Crippen LogP contribution < -0.4 is 10.1 Å². The van der Waals surface area contributed by atoms with Gasteiger partial charge in [0.2, 0.25) is 0 Å². The zero-order valence-corrected chi connectivity index (χ0v) is 15.0. The molecule has 1 N–H and O–H groups in total.